The lowest BCUT2D eigenvalue weighted by Gasteiger charge is -2.30. The third-order valence-electron chi connectivity index (χ3n) is 11.5. The molecule has 424 valence electrons. The van der Waals surface area contributed by atoms with Gasteiger partial charge in [0.2, 0.25) is 65.0 Å². The van der Waals surface area contributed by atoms with Crippen molar-refractivity contribution in [2.24, 2.45) is 35.0 Å². The maximum Gasteiger partial charge on any atom is 0.245 e. The number of unbranched alkanes of at least 4 members (excludes halogenated alkanes) is 1. The third kappa shape index (κ3) is 24.3. The maximum absolute atomic E-state index is 14.0. The first-order valence-corrected chi connectivity index (χ1v) is 25.7. The minimum Gasteiger partial charge on any atom is -0.394 e. The molecule has 0 aromatic carbocycles. The zero-order valence-electron chi connectivity index (χ0n) is 43.7. The number of aliphatic hydroxyl groups is 3. The van der Waals surface area contributed by atoms with Crippen molar-refractivity contribution in [2.75, 3.05) is 31.2 Å². The minimum absolute atomic E-state index is 0.00946. The molecule has 0 aliphatic rings. The summed E-state index contributed by atoms with van der Waals surface area (Å²) in [6.45, 7) is 12.2. The van der Waals surface area contributed by atoms with Crippen LogP contribution in [0.25, 0.3) is 0 Å². The van der Waals surface area contributed by atoms with Crippen molar-refractivity contribution in [3.05, 3.63) is 0 Å². The number of aliphatic hydroxyl groups excluding tert-OH is 3. The van der Waals surface area contributed by atoms with E-state index in [1.54, 1.807) is 41.5 Å². The zero-order chi connectivity index (χ0) is 57.2. The molecular weight excluding hydrogens is 1010 g/mol. The smallest absolute Gasteiger partial charge is 0.245 e. The molecule has 0 saturated heterocycles. The second-order valence-electron chi connectivity index (χ2n) is 18.8. The summed E-state index contributed by atoms with van der Waals surface area (Å²) in [5.74, 6) is -11.2. The fourth-order valence-corrected chi connectivity index (χ4v) is 7.18. The molecule has 0 aliphatic carbocycles. The van der Waals surface area contributed by atoms with E-state index in [9.17, 15) is 68.1 Å². The molecule has 0 heterocycles. The van der Waals surface area contributed by atoms with Gasteiger partial charge >= 0.3 is 0 Å². The van der Waals surface area contributed by atoms with Crippen LogP contribution >= 0.6 is 25.3 Å². The molecule has 0 saturated carbocycles. The maximum atomic E-state index is 14.0. The van der Waals surface area contributed by atoms with E-state index in [2.05, 4.69) is 78.4 Å². The molecule has 19 N–H and O–H groups in total. The lowest BCUT2D eigenvalue weighted by Crippen LogP contribution is -2.64. The zero-order valence-corrected chi connectivity index (χ0v) is 45.5. The Morgan fingerprint density at radius 3 is 1.47 bits per heavy atom. The number of thiol groups is 2. The predicted molar refractivity (Wildman–Crippen MR) is 278 cm³/mol. The molecule has 29 heteroatoms. The SMILES string of the molecule is CC[C@H](C)[C@H](NC(=O)[C@H](CC(C)C)NC(=O)[C@H](CCCCN)NC(=O)CNC(=O)[C@H](CS)NC(=O)[C@@H](N)CS)C(=O)N[C@@H](CO)C(=O)N[C@H](C(=O)N[C@H](C(=O)N[C@@H](C)C(=O)N[C@H](C(N)=O)C(C)C)[C@@H](C)O)[C@@H](C)O. The summed E-state index contributed by atoms with van der Waals surface area (Å²) >= 11 is 8.04. The van der Waals surface area contributed by atoms with Crippen LogP contribution in [-0.4, -0.2) is 184 Å². The van der Waals surface area contributed by atoms with Crippen molar-refractivity contribution < 1.29 is 68.1 Å². The number of primary amides is 1. The Balaban J connectivity index is 6.24. The second kappa shape index (κ2) is 35.0. The molecular formula is C45H83N13O14S2. The van der Waals surface area contributed by atoms with Gasteiger partial charge in [-0.15, -0.1) is 0 Å². The van der Waals surface area contributed by atoms with Crippen molar-refractivity contribution in [1.29, 1.82) is 0 Å². The van der Waals surface area contributed by atoms with Gasteiger partial charge in [0.25, 0.3) is 0 Å². The Morgan fingerprint density at radius 2 is 1.00 bits per heavy atom. The molecule has 0 aromatic rings. The predicted octanol–water partition coefficient (Wildman–Crippen LogP) is -6.21. The highest BCUT2D eigenvalue weighted by Gasteiger charge is 2.37. The summed E-state index contributed by atoms with van der Waals surface area (Å²) in [6, 6.07) is -13.8. The van der Waals surface area contributed by atoms with Gasteiger partial charge in [0.05, 0.1) is 31.4 Å². The average molecular weight is 1090 g/mol. The fraction of sp³-hybridized carbons (Fsp3) is 0.756. The van der Waals surface area contributed by atoms with E-state index in [1.807, 2.05) is 0 Å². The summed E-state index contributed by atoms with van der Waals surface area (Å²) in [7, 11) is 0. The number of nitrogens with two attached hydrogens (primary N) is 3. The van der Waals surface area contributed by atoms with E-state index in [0.717, 1.165) is 13.8 Å². The molecule has 0 spiro atoms. The van der Waals surface area contributed by atoms with E-state index >= 15 is 0 Å². The standard InChI is InChI=1S/C45H83N13O14S2/c1-10-22(6)33(56-41(68)28(15-20(2)3)52-40(67)27(13-11-12-14-46)51-31(62)16-49-39(66)30(19-74)54-38(65)26(47)18-73)43(70)53-29(17-59)42(69)57-35(25(9)61)45(72)58-34(24(8)60)44(71)50-23(7)37(64)55-32(21(4)5)36(48)63/h20-30,32-35,59-61,73-74H,10-19,46-47H2,1-9H3,(H2,48,63)(H,49,66)(H,50,71)(H,51,62)(H,52,67)(H,53,70)(H,54,65)(H,55,64)(H,56,68)(H,57,69)(H,58,72)/t22-,23-,24+,25+,26-,27-,28-,29-,30-,32-,33-,34-,35-/m0/s1. The van der Waals surface area contributed by atoms with Gasteiger partial charge in [-0.2, -0.15) is 25.3 Å². The van der Waals surface area contributed by atoms with Crippen molar-refractivity contribution >= 4 is 90.2 Å². The highest BCUT2D eigenvalue weighted by atomic mass is 32.1. The molecule has 0 radical (unpaired) electrons. The van der Waals surface area contributed by atoms with Gasteiger partial charge in [0.15, 0.2) is 0 Å². The molecule has 74 heavy (non-hydrogen) atoms. The van der Waals surface area contributed by atoms with Gasteiger partial charge in [0, 0.05) is 11.5 Å². The number of rotatable bonds is 35. The van der Waals surface area contributed by atoms with Crippen LogP contribution in [0.15, 0.2) is 0 Å². The van der Waals surface area contributed by atoms with E-state index in [0.29, 0.717) is 19.3 Å². The van der Waals surface area contributed by atoms with Crippen molar-refractivity contribution in [1.82, 2.24) is 53.2 Å². The lowest BCUT2D eigenvalue weighted by atomic mass is 9.96. The summed E-state index contributed by atoms with van der Waals surface area (Å²) < 4.78 is 0. The second-order valence-corrected chi connectivity index (χ2v) is 19.5. The van der Waals surface area contributed by atoms with Crippen molar-refractivity contribution in [3.63, 3.8) is 0 Å². The summed E-state index contributed by atoms with van der Waals surface area (Å²) in [6.07, 6.45) is -2.01. The topological polar surface area (TPSA) is 447 Å². The number of hydrogen-bond donors (Lipinski definition) is 18. The van der Waals surface area contributed by atoms with E-state index < -0.39 is 163 Å². The molecule has 0 fully saturated rings. The Kier molecular flexibility index (Phi) is 32.5. The fourth-order valence-electron chi connectivity index (χ4n) is 6.76. The molecule has 0 bridgehead atoms. The largest absolute Gasteiger partial charge is 0.394 e. The number of amides is 11. The highest BCUT2D eigenvalue weighted by molar-refractivity contribution is 7.80. The molecule has 11 amide bonds. The molecule has 0 aromatic heterocycles. The van der Waals surface area contributed by atoms with Crippen LogP contribution in [0.1, 0.15) is 94.4 Å². The van der Waals surface area contributed by atoms with Crippen LogP contribution in [0, 0.1) is 17.8 Å². The average Bonchev–Trinajstić information content (AvgIpc) is 3.33. The van der Waals surface area contributed by atoms with Crippen LogP contribution in [0.4, 0.5) is 0 Å². The first kappa shape index (κ1) is 68.7. The third-order valence-corrected chi connectivity index (χ3v) is 12.2. The van der Waals surface area contributed by atoms with Gasteiger partial charge in [-0.3, -0.25) is 52.7 Å². The lowest BCUT2D eigenvalue weighted by molar-refractivity contribution is -0.138. The Bertz CT molecular complexity index is 1900. The first-order chi connectivity index (χ1) is 34.5. The van der Waals surface area contributed by atoms with E-state index in [-0.39, 0.29) is 36.8 Å². The number of carbonyl (C=O) groups is 11. The molecule has 13 atom stereocenters. The quantitative estimate of drug-likeness (QED) is 0.0207. The molecule has 0 aliphatic heterocycles. The highest BCUT2D eigenvalue weighted by Crippen LogP contribution is 2.13. The monoisotopic (exact) mass is 1090 g/mol. The number of nitrogens with one attached hydrogen (secondary N) is 10. The van der Waals surface area contributed by atoms with Gasteiger partial charge in [-0.25, -0.2) is 0 Å². The Labute approximate surface area is 443 Å². The van der Waals surface area contributed by atoms with Crippen LogP contribution in [0.5, 0.6) is 0 Å². The molecule has 27 nitrogen and oxygen atoms in total. The summed E-state index contributed by atoms with van der Waals surface area (Å²) in [4.78, 5) is 145. The van der Waals surface area contributed by atoms with Crippen LogP contribution in [-0.2, 0) is 52.7 Å². The number of hydrogen-bond acceptors (Lipinski definition) is 18. The van der Waals surface area contributed by atoms with Gasteiger partial charge in [-0.1, -0.05) is 48.0 Å². The Morgan fingerprint density at radius 1 is 0.527 bits per heavy atom. The van der Waals surface area contributed by atoms with Crippen molar-refractivity contribution in [2.45, 2.75) is 167 Å². The van der Waals surface area contributed by atoms with Crippen LogP contribution < -0.4 is 70.4 Å². The van der Waals surface area contributed by atoms with E-state index in [1.165, 1.54) is 6.92 Å². The molecule has 0 rings (SSSR count). The van der Waals surface area contributed by atoms with Gasteiger partial charge < -0.3 is 85.7 Å². The summed E-state index contributed by atoms with van der Waals surface area (Å²) in [5.41, 5.74) is 16.7. The van der Waals surface area contributed by atoms with Gasteiger partial charge in [-0.05, 0) is 70.8 Å². The van der Waals surface area contributed by atoms with Crippen LogP contribution in [0.2, 0.25) is 0 Å². The van der Waals surface area contributed by atoms with Crippen LogP contribution in [0.3, 0.4) is 0 Å². The normalized spacial score (nSPS) is 16.6. The summed E-state index contributed by atoms with van der Waals surface area (Å²) in [5, 5.41) is 55.3. The minimum atomic E-state index is -1.86. The first-order valence-electron chi connectivity index (χ1n) is 24.4. The van der Waals surface area contributed by atoms with Gasteiger partial charge in [0.1, 0.15) is 54.4 Å². The Hall–Kier alpha value is -5.33. The molecule has 0 unspecified atom stereocenters. The van der Waals surface area contributed by atoms with Crippen molar-refractivity contribution in [3.8, 4) is 0 Å². The van der Waals surface area contributed by atoms with E-state index in [4.69, 9.17) is 17.2 Å². The number of carbonyl (C=O) groups excluding carboxylic acids is 11.